The van der Waals surface area contributed by atoms with Crippen molar-refractivity contribution in [3.05, 3.63) is 11.6 Å². The SMILES string of the molecule is NCC(=O)Oc1c2c3oc1cc3C(=O)O2. The summed E-state index contributed by atoms with van der Waals surface area (Å²) in [4.78, 5) is 22.2. The summed E-state index contributed by atoms with van der Waals surface area (Å²) in [5, 5.41) is 0. The minimum Gasteiger partial charge on any atom is -0.448 e. The minimum atomic E-state index is -0.611. The summed E-state index contributed by atoms with van der Waals surface area (Å²) in [5.74, 6) is -0.794. The third-order valence-electron chi connectivity index (χ3n) is 2.17. The van der Waals surface area contributed by atoms with E-state index < -0.39 is 11.9 Å². The zero-order valence-electron chi connectivity index (χ0n) is 7.40. The maximum absolute atomic E-state index is 11.2. The highest BCUT2D eigenvalue weighted by atomic mass is 16.6. The first-order chi connectivity index (χ1) is 7.20. The van der Waals surface area contributed by atoms with Gasteiger partial charge in [0.1, 0.15) is 5.56 Å². The lowest BCUT2D eigenvalue weighted by Crippen LogP contribution is -2.19. The summed E-state index contributed by atoms with van der Waals surface area (Å²) >= 11 is 0. The molecule has 6 nitrogen and oxygen atoms in total. The number of esters is 2. The van der Waals surface area contributed by atoms with Crippen LogP contribution in [0.5, 0.6) is 11.5 Å². The number of fused-ring (bicyclic) bond motifs is 1. The lowest BCUT2D eigenvalue weighted by molar-refractivity contribution is -0.132. The summed E-state index contributed by atoms with van der Waals surface area (Å²) in [6, 6.07) is 1.48. The van der Waals surface area contributed by atoms with E-state index in [0.717, 1.165) is 0 Å². The number of nitrogens with two attached hydrogens (primary N) is 1. The Balaban J connectivity index is 2.09. The molecule has 6 heteroatoms. The molecule has 2 aromatic rings. The zero-order chi connectivity index (χ0) is 10.6. The molecule has 0 saturated carbocycles. The molecule has 1 aliphatic heterocycles. The van der Waals surface area contributed by atoms with Crippen molar-refractivity contribution in [1.82, 2.24) is 0 Å². The molecule has 2 bridgehead atoms. The Labute approximate surface area is 82.9 Å². The van der Waals surface area contributed by atoms with Crippen molar-refractivity contribution in [2.75, 3.05) is 6.54 Å². The van der Waals surface area contributed by atoms with Gasteiger partial charge in [0.05, 0.1) is 6.54 Å². The number of hydrogen-bond donors (Lipinski definition) is 1. The van der Waals surface area contributed by atoms with E-state index in [1.54, 1.807) is 0 Å². The van der Waals surface area contributed by atoms with Crippen molar-refractivity contribution in [3.8, 4) is 11.5 Å². The van der Waals surface area contributed by atoms with E-state index in [2.05, 4.69) is 0 Å². The summed E-state index contributed by atoms with van der Waals surface area (Å²) in [6.45, 7) is -0.246. The van der Waals surface area contributed by atoms with E-state index in [4.69, 9.17) is 19.6 Å². The molecule has 76 valence electrons. The maximum Gasteiger partial charge on any atom is 0.347 e. The monoisotopic (exact) mass is 207 g/mol. The van der Waals surface area contributed by atoms with Crippen LogP contribution in [0.1, 0.15) is 10.4 Å². The first-order valence-corrected chi connectivity index (χ1v) is 4.22. The molecule has 2 N–H and O–H groups in total. The second-order valence-corrected chi connectivity index (χ2v) is 3.08. The van der Waals surface area contributed by atoms with Gasteiger partial charge in [-0.05, 0) is 0 Å². The second kappa shape index (κ2) is 2.48. The standard InChI is InChI=1S/C9H5NO5/c10-2-5(11)14-7-4-1-3-6(13-4)8(7)15-9(3)12/h1H,2,10H2. The number of carbonyl (C=O) groups excluding carboxylic acids is 2. The van der Waals surface area contributed by atoms with Crippen LogP contribution in [0.4, 0.5) is 0 Å². The fourth-order valence-electron chi connectivity index (χ4n) is 1.53. The van der Waals surface area contributed by atoms with Crippen LogP contribution in [0.15, 0.2) is 10.5 Å². The highest BCUT2D eigenvalue weighted by Gasteiger charge is 2.36. The Morgan fingerprint density at radius 1 is 1.53 bits per heavy atom. The van der Waals surface area contributed by atoms with Gasteiger partial charge in [0, 0.05) is 6.07 Å². The van der Waals surface area contributed by atoms with E-state index in [-0.39, 0.29) is 18.0 Å². The Bertz CT molecular complexity index is 570. The molecule has 0 aromatic carbocycles. The van der Waals surface area contributed by atoms with E-state index in [9.17, 15) is 9.59 Å². The van der Waals surface area contributed by atoms with Gasteiger partial charge in [-0.3, -0.25) is 4.79 Å². The second-order valence-electron chi connectivity index (χ2n) is 3.08. The largest absolute Gasteiger partial charge is 0.448 e. The van der Waals surface area contributed by atoms with Gasteiger partial charge in [-0.2, -0.15) is 0 Å². The van der Waals surface area contributed by atoms with Crippen LogP contribution in [-0.2, 0) is 4.79 Å². The molecule has 0 spiro atoms. The first kappa shape index (κ1) is 8.25. The molecule has 2 aromatic heterocycles. The smallest absolute Gasteiger partial charge is 0.347 e. The van der Waals surface area contributed by atoms with Gasteiger partial charge in [0.15, 0.2) is 11.2 Å². The quantitative estimate of drug-likeness (QED) is 0.561. The molecule has 0 unspecified atom stereocenters. The average Bonchev–Trinajstić information content (AvgIpc) is 2.81. The number of rotatable bonds is 2. The highest BCUT2D eigenvalue weighted by Crippen LogP contribution is 2.48. The van der Waals surface area contributed by atoms with Crippen LogP contribution < -0.4 is 15.2 Å². The Hall–Kier alpha value is -2.08. The van der Waals surface area contributed by atoms with Crippen LogP contribution in [0.25, 0.3) is 11.2 Å². The summed E-state index contributed by atoms with van der Waals surface area (Å²) in [6.07, 6.45) is 0. The normalized spacial score (nSPS) is 13.5. The Kier molecular flexibility index (Phi) is 1.37. The van der Waals surface area contributed by atoms with E-state index >= 15 is 0 Å². The molecule has 0 saturated heterocycles. The Morgan fingerprint density at radius 3 is 3.07 bits per heavy atom. The van der Waals surface area contributed by atoms with E-state index in [0.29, 0.717) is 16.7 Å². The predicted octanol–water partition coefficient (Wildman–Crippen LogP) is 0.267. The van der Waals surface area contributed by atoms with Crippen LogP contribution in [0.2, 0.25) is 0 Å². The van der Waals surface area contributed by atoms with Gasteiger partial charge in [0.2, 0.25) is 11.5 Å². The van der Waals surface area contributed by atoms with Crippen molar-refractivity contribution in [2.24, 2.45) is 5.73 Å². The van der Waals surface area contributed by atoms with Crippen LogP contribution in [-0.4, -0.2) is 18.5 Å². The van der Waals surface area contributed by atoms with Crippen molar-refractivity contribution in [2.45, 2.75) is 0 Å². The number of furan rings is 2. The molecule has 3 heterocycles. The molecule has 0 atom stereocenters. The molecular weight excluding hydrogens is 202 g/mol. The lowest BCUT2D eigenvalue weighted by atomic mass is 10.2. The third kappa shape index (κ3) is 0.909. The zero-order valence-corrected chi connectivity index (χ0v) is 7.40. The summed E-state index contributed by atoms with van der Waals surface area (Å²) in [5.41, 5.74) is 6.11. The van der Waals surface area contributed by atoms with Crippen LogP contribution in [0.3, 0.4) is 0 Å². The van der Waals surface area contributed by atoms with Crippen molar-refractivity contribution in [3.63, 3.8) is 0 Å². The molecule has 1 aliphatic rings. The van der Waals surface area contributed by atoms with Crippen molar-refractivity contribution >= 4 is 23.1 Å². The number of benzene rings is 1. The van der Waals surface area contributed by atoms with Gasteiger partial charge < -0.3 is 19.6 Å². The fourth-order valence-corrected chi connectivity index (χ4v) is 1.53. The molecule has 0 amide bonds. The Morgan fingerprint density at radius 2 is 2.33 bits per heavy atom. The van der Waals surface area contributed by atoms with E-state index in [1.165, 1.54) is 6.07 Å². The summed E-state index contributed by atoms with van der Waals surface area (Å²) in [7, 11) is 0. The van der Waals surface area contributed by atoms with Crippen LogP contribution >= 0.6 is 0 Å². The average molecular weight is 207 g/mol. The van der Waals surface area contributed by atoms with Gasteiger partial charge in [-0.1, -0.05) is 0 Å². The number of hydrogen-bond acceptors (Lipinski definition) is 6. The van der Waals surface area contributed by atoms with Gasteiger partial charge in [-0.25, -0.2) is 4.79 Å². The van der Waals surface area contributed by atoms with Gasteiger partial charge in [-0.15, -0.1) is 0 Å². The van der Waals surface area contributed by atoms with E-state index in [1.807, 2.05) is 0 Å². The number of carbonyl (C=O) groups is 2. The molecular formula is C9H5NO5. The first-order valence-electron chi connectivity index (χ1n) is 4.22. The topological polar surface area (TPSA) is 91.8 Å². The fraction of sp³-hybridized carbons (Fsp3) is 0.111. The number of ether oxygens (including phenoxy) is 2. The molecule has 0 aliphatic carbocycles. The van der Waals surface area contributed by atoms with Gasteiger partial charge in [0.25, 0.3) is 0 Å². The summed E-state index contributed by atoms with van der Waals surface area (Å²) < 4.78 is 14.9. The van der Waals surface area contributed by atoms with Crippen molar-refractivity contribution < 1.29 is 23.5 Å². The molecule has 15 heavy (non-hydrogen) atoms. The molecule has 0 radical (unpaired) electrons. The highest BCUT2D eigenvalue weighted by molar-refractivity contribution is 6.10. The maximum atomic E-state index is 11.2. The van der Waals surface area contributed by atoms with Gasteiger partial charge >= 0.3 is 11.9 Å². The van der Waals surface area contributed by atoms with Crippen molar-refractivity contribution in [1.29, 1.82) is 0 Å². The molecule has 3 rings (SSSR count). The minimum absolute atomic E-state index is 0.134. The molecule has 0 fully saturated rings. The lowest BCUT2D eigenvalue weighted by Gasteiger charge is -2.00. The predicted molar refractivity (Wildman–Crippen MR) is 47.0 cm³/mol. The third-order valence-corrected chi connectivity index (χ3v) is 2.17. The van der Waals surface area contributed by atoms with Crippen LogP contribution in [0, 0.1) is 0 Å².